The van der Waals surface area contributed by atoms with Crippen LogP contribution in [0.2, 0.25) is 0 Å². The van der Waals surface area contributed by atoms with Gasteiger partial charge in [0, 0.05) is 18.3 Å². The number of aromatic nitrogens is 2. The van der Waals surface area contributed by atoms with Crippen molar-refractivity contribution in [3.05, 3.63) is 46.8 Å². The lowest BCUT2D eigenvalue weighted by Gasteiger charge is -2.05. The number of hydrogen-bond donors (Lipinski definition) is 3. The molecule has 0 spiro atoms. The maximum absolute atomic E-state index is 11.1. The zero-order chi connectivity index (χ0) is 15.6. The monoisotopic (exact) mass is 289 g/mol. The smallest absolute Gasteiger partial charge is 0.335 e. The molecule has 0 aliphatic heterocycles. The van der Waals surface area contributed by atoms with Crippen LogP contribution in [0.5, 0.6) is 0 Å². The molecule has 0 bridgehead atoms. The van der Waals surface area contributed by atoms with E-state index in [1.54, 1.807) is 6.20 Å². The number of carbonyl (C=O) groups is 2. The molecule has 0 atom stereocenters. The van der Waals surface area contributed by atoms with Crippen LogP contribution < -0.4 is 5.32 Å². The number of carboxylic acids is 2. The van der Waals surface area contributed by atoms with Gasteiger partial charge in [-0.2, -0.15) is 5.10 Å². The summed E-state index contributed by atoms with van der Waals surface area (Å²) in [4.78, 5) is 22.2. The molecule has 1 heterocycles. The molecule has 0 saturated carbocycles. The lowest BCUT2D eigenvalue weighted by Crippen LogP contribution is -2.06. The Morgan fingerprint density at radius 1 is 1.19 bits per heavy atom. The molecule has 1 aromatic carbocycles. The van der Waals surface area contributed by atoms with E-state index in [2.05, 4.69) is 10.4 Å². The molecule has 2 rings (SSSR count). The van der Waals surface area contributed by atoms with Crippen molar-refractivity contribution in [3.63, 3.8) is 0 Å². The second-order valence-corrected chi connectivity index (χ2v) is 4.59. The average Bonchev–Trinajstić information content (AvgIpc) is 2.80. The highest BCUT2D eigenvalue weighted by molar-refractivity contribution is 5.94. The largest absolute Gasteiger partial charge is 0.478 e. The van der Waals surface area contributed by atoms with Gasteiger partial charge < -0.3 is 15.5 Å². The fourth-order valence-electron chi connectivity index (χ4n) is 1.98. The first kappa shape index (κ1) is 14.7. The van der Waals surface area contributed by atoms with Crippen LogP contribution >= 0.6 is 0 Å². The third-order valence-electron chi connectivity index (χ3n) is 3.04. The van der Waals surface area contributed by atoms with Crippen molar-refractivity contribution < 1.29 is 19.8 Å². The molecule has 0 fully saturated rings. The molecule has 2 aromatic rings. The summed E-state index contributed by atoms with van der Waals surface area (Å²) in [6.07, 6.45) is 1.75. The number of aryl methyl sites for hydroxylation is 1. The molecule has 0 unspecified atom stereocenters. The Morgan fingerprint density at radius 2 is 1.76 bits per heavy atom. The summed E-state index contributed by atoms with van der Waals surface area (Å²) >= 11 is 0. The van der Waals surface area contributed by atoms with Gasteiger partial charge in [-0.25, -0.2) is 14.3 Å². The number of nitrogens with zero attached hydrogens (tertiary/aromatic N) is 2. The van der Waals surface area contributed by atoms with Crippen LogP contribution in [0, 0.1) is 6.92 Å². The van der Waals surface area contributed by atoms with Gasteiger partial charge in [-0.1, -0.05) is 0 Å². The van der Waals surface area contributed by atoms with Gasteiger partial charge >= 0.3 is 11.9 Å². The third-order valence-corrected chi connectivity index (χ3v) is 3.04. The summed E-state index contributed by atoms with van der Waals surface area (Å²) in [5.41, 5.74) is 1.97. The maximum atomic E-state index is 11.1. The van der Waals surface area contributed by atoms with Crippen molar-refractivity contribution >= 4 is 11.9 Å². The van der Waals surface area contributed by atoms with Gasteiger partial charge in [0.25, 0.3) is 0 Å². The highest BCUT2D eigenvalue weighted by Crippen LogP contribution is 2.17. The van der Waals surface area contributed by atoms with Crippen LogP contribution in [0.15, 0.2) is 24.4 Å². The zero-order valence-corrected chi connectivity index (χ0v) is 11.6. The van der Waals surface area contributed by atoms with Gasteiger partial charge in [0.15, 0.2) is 0 Å². The Bertz CT molecular complexity index is 674. The van der Waals surface area contributed by atoms with Gasteiger partial charge in [-0.3, -0.25) is 0 Å². The normalized spacial score (nSPS) is 10.6. The maximum Gasteiger partial charge on any atom is 0.335 e. The number of aromatic carboxylic acids is 2. The standard InChI is InChI=1S/C14H15N3O4/c1-8-11(6-15-2)7-17(16-8)12-4-9(13(18)19)3-10(5-12)14(20)21/h3-5,7,15H,6H2,1-2H3,(H,18,19)(H,20,21). The summed E-state index contributed by atoms with van der Waals surface area (Å²) in [6.45, 7) is 2.46. The molecule has 0 saturated heterocycles. The molecule has 7 nitrogen and oxygen atoms in total. The second-order valence-electron chi connectivity index (χ2n) is 4.59. The van der Waals surface area contributed by atoms with E-state index in [-0.39, 0.29) is 11.1 Å². The summed E-state index contributed by atoms with van der Waals surface area (Å²) in [5, 5.41) is 25.4. The molecule has 3 N–H and O–H groups in total. The highest BCUT2D eigenvalue weighted by Gasteiger charge is 2.14. The quantitative estimate of drug-likeness (QED) is 0.766. The van der Waals surface area contributed by atoms with Crippen LogP contribution in [0.4, 0.5) is 0 Å². The molecular weight excluding hydrogens is 274 g/mol. The van der Waals surface area contributed by atoms with Crippen molar-refractivity contribution in [3.8, 4) is 5.69 Å². The molecule has 110 valence electrons. The van der Waals surface area contributed by atoms with Gasteiger partial charge in [-0.15, -0.1) is 0 Å². The van der Waals surface area contributed by atoms with Crippen molar-refractivity contribution in [1.29, 1.82) is 0 Å². The van der Waals surface area contributed by atoms with Gasteiger partial charge in [0.2, 0.25) is 0 Å². The number of nitrogens with one attached hydrogen (secondary N) is 1. The molecule has 21 heavy (non-hydrogen) atoms. The average molecular weight is 289 g/mol. The molecule has 0 aliphatic carbocycles. The van der Waals surface area contributed by atoms with Crippen molar-refractivity contribution in [2.45, 2.75) is 13.5 Å². The molecule has 1 aromatic heterocycles. The van der Waals surface area contributed by atoms with E-state index in [0.29, 0.717) is 12.2 Å². The summed E-state index contributed by atoms with van der Waals surface area (Å²) in [6, 6.07) is 3.91. The summed E-state index contributed by atoms with van der Waals surface area (Å²) in [5.74, 6) is -2.36. The predicted molar refractivity (Wildman–Crippen MR) is 75.0 cm³/mol. The summed E-state index contributed by atoms with van der Waals surface area (Å²) < 4.78 is 1.49. The van der Waals surface area contributed by atoms with Crippen LogP contribution in [0.25, 0.3) is 5.69 Å². The summed E-state index contributed by atoms with van der Waals surface area (Å²) in [7, 11) is 1.81. The Kier molecular flexibility index (Phi) is 4.04. The SMILES string of the molecule is CNCc1cn(-c2cc(C(=O)O)cc(C(=O)O)c2)nc1C. The minimum atomic E-state index is -1.18. The molecular formula is C14H15N3O4. The zero-order valence-electron chi connectivity index (χ0n) is 11.6. The van der Waals surface area contributed by atoms with E-state index < -0.39 is 11.9 Å². The lowest BCUT2D eigenvalue weighted by atomic mass is 10.1. The fraction of sp³-hybridized carbons (Fsp3) is 0.214. The van der Waals surface area contributed by atoms with Crippen LogP contribution in [0.1, 0.15) is 32.0 Å². The van der Waals surface area contributed by atoms with Gasteiger partial charge in [0.1, 0.15) is 0 Å². The molecule has 0 aliphatic rings. The number of carboxylic acid groups (broad SMARTS) is 2. The molecule has 7 heteroatoms. The lowest BCUT2D eigenvalue weighted by molar-refractivity contribution is 0.0696. The van der Waals surface area contributed by atoms with Crippen LogP contribution in [-0.2, 0) is 6.54 Å². The first-order chi connectivity index (χ1) is 9.92. The second kappa shape index (κ2) is 5.76. The first-order valence-corrected chi connectivity index (χ1v) is 6.24. The fourth-order valence-corrected chi connectivity index (χ4v) is 1.98. The van der Waals surface area contributed by atoms with Crippen molar-refractivity contribution in [2.75, 3.05) is 7.05 Å². The van der Waals surface area contributed by atoms with Crippen molar-refractivity contribution in [1.82, 2.24) is 15.1 Å². The van der Waals surface area contributed by atoms with E-state index in [1.165, 1.54) is 16.8 Å². The topological polar surface area (TPSA) is 104 Å². The minimum absolute atomic E-state index is 0.0896. The highest BCUT2D eigenvalue weighted by atomic mass is 16.4. The van der Waals surface area contributed by atoms with Crippen LogP contribution in [0.3, 0.4) is 0 Å². The van der Waals surface area contributed by atoms with Gasteiger partial charge in [0.05, 0.1) is 22.5 Å². The van der Waals surface area contributed by atoms with E-state index in [4.69, 9.17) is 10.2 Å². The van der Waals surface area contributed by atoms with E-state index in [9.17, 15) is 9.59 Å². The number of hydrogen-bond acceptors (Lipinski definition) is 4. The number of rotatable bonds is 5. The number of benzene rings is 1. The van der Waals surface area contributed by atoms with E-state index >= 15 is 0 Å². The Balaban J connectivity index is 2.54. The Labute approximate surface area is 120 Å². The van der Waals surface area contributed by atoms with Crippen LogP contribution in [-0.4, -0.2) is 39.0 Å². The Morgan fingerprint density at radius 3 is 2.24 bits per heavy atom. The third kappa shape index (κ3) is 3.09. The molecule has 0 amide bonds. The molecule has 0 radical (unpaired) electrons. The van der Waals surface area contributed by atoms with Gasteiger partial charge in [-0.05, 0) is 32.2 Å². The van der Waals surface area contributed by atoms with Crippen molar-refractivity contribution in [2.24, 2.45) is 0 Å². The minimum Gasteiger partial charge on any atom is -0.478 e. The predicted octanol–water partition coefficient (Wildman–Crippen LogP) is 1.30. The van der Waals surface area contributed by atoms with E-state index in [1.807, 2.05) is 14.0 Å². The first-order valence-electron chi connectivity index (χ1n) is 6.24. The van der Waals surface area contributed by atoms with E-state index in [0.717, 1.165) is 17.3 Å². The Hall–Kier alpha value is -2.67.